The second-order valence-corrected chi connectivity index (χ2v) is 6.63. The van der Waals surface area contributed by atoms with Gasteiger partial charge in [0.25, 0.3) is 0 Å². The molecule has 0 saturated carbocycles. The zero-order chi connectivity index (χ0) is 18.8. The van der Waals surface area contributed by atoms with E-state index in [1.165, 1.54) is 0 Å². The first-order chi connectivity index (χ1) is 13.2. The number of para-hydroxylation sites is 2. The molecule has 0 spiro atoms. The minimum Gasteiger partial charge on any atom is -0.495 e. The minimum atomic E-state index is -0.395. The van der Waals surface area contributed by atoms with Crippen LogP contribution in [0.4, 0.5) is 11.4 Å². The predicted octanol–water partition coefficient (Wildman–Crippen LogP) is 3.84. The summed E-state index contributed by atoms with van der Waals surface area (Å²) in [5.41, 5.74) is 1.44. The highest BCUT2D eigenvalue weighted by Gasteiger charge is 2.36. The van der Waals surface area contributed by atoms with Crippen LogP contribution in [0, 0.1) is 5.92 Å². The van der Waals surface area contributed by atoms with Crippen molar-refractivity contribution >= 4 is 34.0 Å². The monoisotopic (exact) mass is 360 g/mol. The molecule has 0 aliphatic carbocycles. The number of carbonyl (C=O) groups is 2. The highest BCUT2D eigenvalue weighted by molar-refractivity contribution is 6.04. The molecular formula is C22H20N2O3. The van der Waals surface area contributed by atoms with Gasteiger partial charge in [-0.15, -0.1) is 0 Å². The number of fused-ring (bicyclic) bond motifs is 1. The van der Waals surface area contributed by atoms with Crippen LogP contribution in [-0.2, 0) is 9.59 Å². The molecule has 1 N–H and O–H groups in total. The Balaban J connectivity index is 1.50. The number of nitrogens with one attached hydrogen (secondary N) is 1. The Morgan fingerprint density at radius 3 is 2.59 bits per heavy atom. The lowest BCUT2D eigenvalue weighted by atomic mass is 10.1. The second kappa shape index (κ2) is 7.11. The summed E-state index contributed by atoms with van der Waals surface area (Å²) in [6.45, 7) is 0.346. The number of methoxy groups -OCH3 is 1. The van der Waals surface area contributed by atoms with E-state index in [0.29, 0.717) is 18.0 Å². The number of ether oxygens (including phenoxy) is 1. The highest BCUT2D eigenvalue weighted by Crippen LogP contribution is 2.33. The van der Waals surface area contributed by atoms with Crippen molar-refractivity contribution in [2.24, 2.45) is 5.92 Å². The summed E-state index contributed by atoms with van der Waals surface area (Å²) in [6.07, 6.45) is 0.192. The maximum absolute atomic E-state index is 12.7. The van der Waals surface area contributed by atoms with E-state index in [4.69, 9.17) is 4.74 Å². The fourth-order valence-electron chi connectivity index (χ4n) is 3.48. The van der Waals surface area contributed by atoms with Crippen LogP contribution in [0.25, 0.3) is 10.8 Å². The van der Waals surface area contributed by atoms with Crippen molar-refractivity contribution in [3.63, 3.8) is 0 Å². The third kappa shape index (κ3) is 3.36. The number of hydrogen-bond donors (Lipinski definition) is 1. The van der Waals surface area contributed by atoms with E-state index in [0.717, 1.165) is 16.5 Å². The molecular weight excluding hydrogens is 340 g/mol. The van der Waals surface area contributed by atoms with Crippen molar-refractivity contribution in [2.45, 2.75) is 6.42 Å². The summed E-state index contributed by atoms with van der Waals surface area (Å²) in [7, 11) is 1.57. The lowest BCUT2D eigenvalue weighted by Crippen LogP contribution is -2.28. The van der Waals surface area contributed by atoms with Crippen LogP contribution in [0.2, 0.25) is 0 Å². The molecule has 0 unspecified atom stereocenters. The number of benzene rings is 3. The molecule has 1 heterocycles. The number of amides is 2. The Morgan fingerprint density at radius 2 is 1.78 bits per heavy atom. The molecule has 0 radical (unpaired) electrons. The Hall–Kier alpha value is -3.34. The van der Waals surface area contributed by atoms with Crippen molar-refractivity contribution in [2.75, 3.05) is 23.9 Å². The number of rotatable bonds is 4. The molecule has 0 bridgehead atoms. The molecule has 4 rings (SSSR count). The smallest absolute Gasteiger partial charge is 0.229 e. The summed E-state index contributed by atoms with van der Waals surface area (Å²) in [4.78, 5) is 26.8. The standard InChI is InChI=1S/C22H20N2O3/c1-27-20-9-5-4-8-19(20)24-14-17(13-21(24)25)22(26)23-18-11-10-15-6-2-3-7-16(15)12-18/h2-12,17H,13-14H2,1H3,(H,23,26)/t17-/m0/s1. The van der Waals surface area contributed by atoms with Gasteiger partial charge in [0.2, 0.25) is 11.8 Å². The number of anilines is 2. The second-order valence-electron chi connectivity index (χ2n) is 6.63. The largest absolute Gasteiger partial charge is 0.495 e. The topological polar surface area (TPSA) is 58.6 Å². The third-order valence-electron chi connectivity index (χ3n) is 4.89. The quantitative estimate of drug-likeness (QED) is 0.769. The summed E-state index contributed by atoms with van der Waals surface area (Å²) in [6, 6.07) is 21.1. The average molecular weight is 360 g/mol. The molecule has 1 aliphatic rings. The fourth-order valence-corrected chi connectivity index (χ4v) is 3.48. The van der Waals surface area contributed by atoms with Crippen molar-refractivity contribution in [1.29, 1.82) is 0 Å². The molecule has 5 nitrogen and oxygen atoms in total. The van der Waals surface area contributed by atoms with Crippen molar-refractivity contribution in [3.05, 3.63) is 66.7 Å². The molecule has 3 aromatic carbocycles. The maximum atomic E-state index is 12.7. The van der Waals surface area contributed by atoms with Gasteiger partial charge in [0.15, 0.2) is 0 Å². The predicted molar refractivity (Wildman–Crippen MR) is 106 cm³/mol. The van der Waals surface area contributed by atoms with E-state index in [9.17, 15) is 9.59 Å². The van der Waals surface area contributed by atoms with Gasteiger partial charge in [0.1, 0.15) is 5.75 Å². The van der Waals surface area contributed by atoms with Crippen LogP contribution in [0.15, 0.2) is 66.7 Å². The molecule has 1 fully saturated rings. The Labute approximate surface area is 157 Å². The molecule has 0 aromatic heterocycles. The van der Waals surface area contributed by atoms with Crippen LogP contribution < -0.4 is 15.0 Å². The van der Waals surface area contributed by atoms with Gasteiger partial charge in [0.05, 0.1) is 18.7 Å². The molecule has 27 heavy (non-hydrogen) atoms. The van der Waals surface area contributed by atoms with Crippen molar-refractivity contribution < 1.29 is 14.3 Å². The van der Waals surface area contributed by atoms with E-state index >= 15 is 0 Å². The van der Waals surface area contributed by atoms with Crippen LogP contribution >= 0.6 is 0 Å². The van der Waals surface area contributed by atoms with Gasteiger partial charge >= 0.3 is 0 Å². The van der Waals surface area contributed by atoms with Gasteiger partial charge in [-0.2, -0.15) is 0 Å². The molecule has 136 valence electrons. The van der Waals surface area contributed by atoms with Crippen LogP contribution in [0.5, 0.6) is 5.75 Å². The van der Waals surface area contributed by atoms with Crippen molar-refractivity contribution in [3.8, 4) is 5.75 Å². The van der Waals surface area contributed by atoms with Crippen LogP contribution in [-0.4, -0.2) is 25.5 Å². The summed E-state index contributed by atoms with van der Waals surface area (Å²) >= 11 is 0. The van der Waals surface area contributed by atoms with E-state index in [2.05, 4.69) is 5.32 Å². The number of hydrogen-bond acceptors (Lipinski definition) is 3. The Kier molecular flexibility index (Phi) is 4.50. The fraction of sp³-hybridized carbons (Fsp3) is 0.182. The summed E-state index contributed by atoms with van der Waals surface area (Å²) in [5.74, 6) is 0.0181. The van der Waals surface area contributed by atoms with Gasteiger partial charge in [0, 0.05) is 18.7 Å². The minimum absolute atomic E-state index is 0.0711. The first kappa shape index (κ1) is 17.1. The Morgan fingerprint density at radius 1 is 1.04 bits per heavy atom. The zero-order valence-electron chi connectivity index (χ0n) is 15.0. The third-order valence-corrected chi connectivity index (χ3v) is 4.89. The first-order valence-electron chi connectivity index (χ1n) is 8.89. The molecule has 1 atom stereocenters. The number of carbonyl (C=O) groups excluding carboxylic acids is 2. The zero-order valence-corrected chi connectivity index (χ0v) is 15.0. The molecule has 1 saturated heterocycles. The van der Waals surface area contributed by atoms with Crippen molar-refractivity contribution in [1.82, 2.24) is 0 Å². The molecule has 1 aliphatic heterocycles. The SMILES string of the molecule is COc1ccccc1N1C[C@@H](C(=O)Nc2ccc3ccccc3c2)CC1=O. The van der Waals surface area contributed by atoms with E-state index in [1.807, 2.05) is 66.7 Å². The van der Waals surface area contributed by atoms with E-state index in [-0.39, 0.29) is 18.2 Å². The van der Waals surface area contributed by atoms with Gasteiger partial charge < -0.3 is 15.0 Å². The molecule has 3 aromatic rings. The first-order valence-corrected chi connectivity index (χ1v) is 8.89. The summed E-state index contributed by atoms with van der Waals surface area (Å²) < 4.78 is 5.34. The lowest BCUT2D eigenvalue weighted by molar-refractivity contribution is -0.122. The van der Waals surface area contributed by atoms with Gasteiger partial charge in [-0.05, 0) is 35.0 Å². The highest BCUT2D eigenvalue weighted by atomic mass is 16.5. The van der Waals surface area contributed by atoms with Crippen LogP contribution in [0.1, 0.15) is 6.42 Å². The molecule has 5 heteroatoms. The van der Waals surface area contributed by atoms with E-state index < -0.39 is 5.92 Å². The van der Waals surface area contributed by atoms with Gasteiger partial charge in [-0.3, -0.25) is 9.59 Å². The molecule has 2 amide bonds. The maximum Gasteiger partial charge on any atom is 0.229 e. The number of nitrogens with zero attached hydrogens (tertiary/aromatic N) is 1. The van der Waals surface area contributed by atoms with E-state index in [1.54, 1.807) is 12.0 Å². The summed E-state index contributed by atoms with van der Waals surface area (Å²) in [5, 5.41) is 5.13. The Bertz CT molecular complexity index is 1020. The lowest BCUT2D eigenvalue weighted by Gasteiger charge is -2.19. The van der Waals surface area contributed by atoms with Gasteiger partial charge in [-0.1, -0.05) is 42.5 Å². The normalized spacial score (nSPS) is 16.6. The average Bonchev–Trinajstić information content (AvgIpc) is 3.09. The van der Waals surface area contributed by atoms with Gasteiger partial charge in [-0.25, -0.2) is 0 Å². The van der Waals surface area contributed by atoms with Crippen LogP contribution in [0.3, 0.4) is 0 Å².